The molecule has 0 aliphatic rings. The minimum atomic E-state index is 0.715. The lowest BCUT2D eigenvalue weighted by Crippen LogP contribution is -1.89. The fraction of sp³-hybridized carbons (Fsp3) is 0.500. The number of hydrogen-bond donors (Lipinski definition) is 0. The third-order valence-electron chi connectivity index (χ3n) is 1.30. The van der Waals surface area contributed by atoms with Crippen molar-refractivity contribution in [2.45, 2.75) is 18.4 Å². The molecule has 1 aromatic heterocycles. The lowest BCUT2D eigenvalue weighted by atomic mass is 10.4. The van der Waals surface area contributed by atoms with Crippen molar-refractivity contribution in [2.75, 3.05) is 11.6 Å². The normalized spacial score (nSPS) is 10.2. The Kier molecular flexibility index (Phi) is 4.40. The summed E-state index contributed by atoms with van der Waals surface area (Å²) >= 11 is 7.24. The Bertz CT molecular complexity index is 225. The van der Waals surface area contributed by atoms with Gasteiger partial charge < -0.3 is 0 Å². The highest BCUT2D eigenvalue weighted by Crippen LogP contribution is 2.14. The lowest BCUT2D eigenvalue weighted by Gasteiger charge is -1.97. The van der Waals surface area contributed by atoms with E-state index in [-0.39, 0.29) is 0 Å². The Morgan fingerprint density at radius 2 is 2.25 bits per heavy atom. The summed E-state index contributed by atoms with van der Waals surface area (Å²) in [5, 5.41) is 8.95. The SMILES string of the molecule is Cc1ccc(SCCCCl)nn1. The smallest absolute Gasteiger partial charge is 0.119 e. The van der Waals surface area contributed by atoms with Crippen molar-refractivity contribution in [3.05, 3.63) is 17.8 Å². The topological polar surface area (TPSA) is 25.8 Å². The first-order valence-corrected chi connectivity index (χ1v) is 5.34. The molecule has 0 atom stereocenters. The van der Waals surface area contributed by atoms with E-state index in [0.29, 0.717) is 5.88 Å². The van der Waals surface area contributed by atoms with E-state index in [1.54, 1.807) is 11.8 Å². The van der Waals surface area contributed by atoms with Crippen LogP contribution >= 0.6 is 23.4 Å². The largest absolute Gasteiger partial charge is 0.155 e. The van der Waals surface area contributed by atoms with Gasteiger partial charge in [-0.05, 0) is 25.5 Å². The summed E-state index contributed by atoms with van der Waals surface area (Å²) in [7, 11) is 0. The zero-order valence-electron chi connectivity index (χ0n) is 6.96. The summed E-state index contributed by atoms with van der Waals surface area (Å²) in [6.45, 7) is 1.93. The average molecular weight is 203 g/mol. The quantitative estimate of drug-likeness (QED) is 0.426. The molecule has 4 heteroatoms. The van der Waals surface area contributed by atoms with Crippen molar-refractivity contribution in [3.8, 4) is 0 Å². The maximum absolute atomic E-state index is 5.54. The fourth-order valence-electron chi connectivity index (χ4n) is 0.695. The number of hydrogen-bond acceptors (Lipinski definition) is 3. The predicted octanol–water partition coefficient (Wildman–Crippen LogP) is 2.51. The van der Waals surface area contributed by atoms with Crippen LogP contribution in [0.25, 0.3) is 0 Å². The molecule has 2 nitrogen and oxygen atoms in total. The molecule has 0 radical (unpaired) electrons. The molecule has 0 aliphatic carbocycles. The molecule has 1 aromatic rings. The van der Waals surface area contributed by atoms with Crippen LogP contribution in [-0.4, -0.2) is 21.8 Å². The molecule has 1 rings (SSSR count). The molecule has 0 spiro atoms. The van der Waals surface area contributed by atoms with Crippen LogP contribution in [-0.2, 0) is 0 Å². The molecule has 0 saturated heterocycles. The second-order valence-corrected chi connectivity index (χ2v) is 3.90. The monoisotopic (exact) mass is 202 g/mol. The molecule has 1 heterocycles. The summed E-state index contributed by atoms with van der Waals surface area (Å²) in [5.74, 6) is 1.73. The van der Waals surface area contributed by atoms with E-state index in [0.717, 1.165) is 22.9 Å². The number of halogens is 1. The van der Waals surface area contributed by atoms with Crippen molar-refractivity contribution in [2.24, 2.45) is 0 Å². The van der Waals surface area contributed by atoms with Crippen LogP contribution in [0.5, 0.6) is 0 Å². The Morgan fingerprint density at radius 3 is 2.83 bits per heavy atom. The molecule has 0 saturated carbocycles. The maximum atomic E-state index is 5.54. The molecule has 12 heavy (non-hydrogen) atoms. The van der Waals surface area contributed by atoms with Crippen LogP contribution in [0.15, 0.2) is 17.2 Å². The van der Waals surface area contributed by atoms with Gasteiger partial charge in [0.05, 0.1) is 5.69 Å². The van der Waals surface area contributed by atoms with Gasteiger partial charge in [0.25, 0.3) is 0 Å². The third-order valence-corrected chi connectivity index (χ3v) is 2.57. The second kappa shape index (κ2) is 5.38. The van der Waals surface area contributed by atoms with Crippen molar-refractivity contribution < 1.29 is 0 Å². The number of thioether (sulfide) groups is 1. The van der Waals surface area contributed by atoms with E-state index in [4.69, 9.17) is 11.6 Å². The molecule has 0 aliphatic heterocycles. The van der Waals surface area contributed by atoms with Crippen molar-refractivity contribution in [3.63, 3.8) is 0 Å². The zero-order valence-corrected chi connectivity index (χ0v) is 8.53. The van der Waals surface area contributed by atoms with Gasteiger partial charge in [0.1, 0.15) is 5.03 Å². The minimum Gasteiger partial charge on any atom is -0.155 e. The van der Waals surface area contributed by atoms with Crippen LogP contribution in [0.4, 0.5) is 0 Å². The fourth-order valence-corrected chi connectivity index (χ4v) is 1.75. The molecule has 0 aromatic carbocycles. The maximum Gasteiger partial charge on any atom is 0.119 e. The highest BCUT2D eigenvalue weighted by molar-refractivity contribution is 7.99. The van der Waals surface area contributed by atoms with Gasteiger partial charge in [-0.3, -0.25) is 0 Å². The molecule has 0 fully saturated rings. The van der Waals surface area contributed by atoms with Crippen LogP contribution in [0.3, 0.4) is 0 Å². The molecule has 0 amide bonds. The number of aryl methyl sites for hydroxylation is 1. The molecular formula is C8H11ClN2S. The molecule has 0 unspecified atom stereocenters. The van der Waals surface area contributed by atoms with E-state index in [2.05, 4.69) is 10.2 Å². The van der Waals surface area contributed by atoms with Gasteiger partial charge in [-0.1, -0.05) is 0 Å². The summed E-state index contributed by atoms with van der Waals surface area (Å²) in [6, 6.07) is 3.96. The van der Waals surface area contributed by atoms with Gasteiger partial charge in [-0.25, -0.2) is 0 Å². The molecular weight excluding hydrogens is 192 g/mol. The zero-order chi connectivity index (χ0) is 8.81. The van der Waals surface area contributed by atoms with E-state index in [1.165, 1.54) is 0 Å². The van der Waals surface area contributed by atoms with Gasteiger partial charge in [0.2, 0.25) is 0 Å². The Balaban J connectivity index is 2.37. The molecule has 0 bridgehead atoms. The Morgan fingerprint density at radius 1 is 1.42 bits per heavy atom. The molecule has 0 N–H and O–H groups in total. The van der Waals surface area contributed by atoms with E-state index >= 15 is 0 Å². The second-order valence-electron chi connectivity index (χ2n) is 2.40. The van der Waals surface area contributed by atoms with Gasteiger partial charge in [0, 0.05) is 11.6 Å². The predicted molar refractivity (Wildman–Crippen MR) is 52.8 cm³/mol. The van der Waals surface area contributed by atoms with Crippen LogP contribution in [0.1, 0.15) is 12.1 Å². The van der Waals surface area contributed by atoms with Crippen LogP contribution < -0.4 is 0 Å². The van der Waals surface area contributed by atoms with Crippen molar-refractivity contribution in [1.29, 1.82) is 0 Å². The first-order chi connectivity index (χ1) is 5.83. The van der Waals surface area contributed by atoms with Crippen LogP contribution in [0, 0.1) is 6.92 Å². The van der Waals surface area contributed by atoms with Crippen LogP contribution in [0.2, 0.25) is 0 Å². The molecule has 66 valence electrons. The standard InChI is InChI=1S/C8H11ClN2S/c1-7-3-4-8(11-10-7)12-6-2-5-9/h3-4H,2,5-6H2,1H3. The first-order valence-electron chi connectivity index (χ1n) is 3.82. The van der Waals surface area contributed by atoms with Gasteiger partial charge in [-0.2, -0.15) is 5.10 Å². The van der Waals surface area contributed by atoms with E-state index in [9.17, 15) is 0 Å². The summed E-state index contributed by atoms with van der Waals surface area (Å²) < 4.78 is 0. The van der Waals surface area contributed by atoms with E-state index < -0.39 is 0 Å². The Hall–Kier alpha value is -0.280. The number of aromatic nitrogens is 2. The highest BCUT2D eigenvalue weighted by Gasteiger charge is 1.94. The summed E-state index contributed by atoms with van der Waals surface area (Å²) in [6.07, 6.45) is 1.02. The summed E-state index contributed by atoms with van der Waals surface area (Å²) in [4.78, 5) is 0. The number of rotatable bonds is 4. The number of alkyl halides is 1. The van der Waals surface area contributed by atoms with Gasteiger partial charge in [-0.15, -0.1) is 28.5 Å². The van der Waals surface area contributed by atoms with Crippen molar-refractivity contribution in [1.82, 2.24) is 10.2 Å². The minimum absolute atomic E-state index is 0.715. The highest BCUT2D eigenvalue weighted by atomic mass is 35.5. The van der Waals surface area contributed by atoms with Gasteiger partial charge >= 0.3 is 0 Å². The average Bonchev–Trinajstić information content (AvgIpc) is 2.09. The van der Waals surface area contributed by atoms with Crippen molar-refractivity contribution >= 4 is 23.4 Å². The number of nitrogens with zero attached hydrogens (tertiary/aromatic N) is 2. The summed E-state index contributed by atoms with van der Waals surface area (Å²) in [5.41, 5.74) is 0.955. The third kappa shape index (κ3) is 3.41. The first kappa shape index (κ1) is 9.81. The van der Waals surface area contributed by atoms with E-state index in [1.807, 2.05) is 19.1 Å². The Labute approximate surface area is 81.7 Å². The lowest BCUT2D eigenvalue weighted by molar-refractivity contribution is 0.894. The van der Waals surface area contributed by atoms with Gasteiger partial charge in [0.15, 0.2) is 0 Å².